The van der Waals surface area contributed by atoms with Crippen molar-refractivity contribution in [1.82, 2.24) is 15.8 Å². The van der Waals surface area contributed by atoms with Gasteiger partial charge >= 0.3 is 0 Å². The number of pyridine rings is 1. The molecule has 2 aromatic rings. The molecule has 7 nitrogen and oxygen atoms in total. The van der Waals surface area contributed by atoms with Crippen LogP contribution in [0.1, 0.15) is 43.4 Å². The molecule has 29 heavy (non-hydrogen) atoms. The lowest BCUT2D eigenvalue weighted by Crippen LogP contribution is -2.35. The quantitative estimate of drug-likeness (QED) is 0.212. The van der Waals surface area contributed by atoms with Crippen LogP contribution in [0, 0.1) is 11.8 Å². The molecular weight excluding hydrogens is 370 g/mol. The third-order valence-corrected chi connectivity index (χ3v) is 3.98. The van der Waals surface area contributed by atoms with Crippen LogP contribution in [0.4, 0.5) is 0 Å². The standard InChI is InChI=1S/C21H24N2O2.CH3NO2/c1-4-5-20(24)16(3)23-15(2)19-11-8-17(9-12-19)6-7-18-10-13-21(25)22-14-18;3-1-2-4/h8-14,16,20,23-24H,2,4-5H2,1,3H3,(H,22,25);1,4H,(H,2,3). The zero-order valence-electron chi connectivity index (χ0n) is 16.6. The van der Waals surface area contributed by atoms with E-state index < -0.39 is 0 Å². The molecule has 2 rings (SSSR count). The van der Waals surface area contributed by atoms with Crippen LogP contribution in [0.5, 0.6) is 0 Å². The number of nitrogens with one attached hydrogen (secondary N) is 3. The summed E-state index contributed by atoms with van der Waals surface area (Å²) in [7, 11) is 0. The number of aromatic amines is 1. The number of amides is 1. The largest absolute Gasteiger partial charge is 0.391 e. The lowest BCUT2D eigenvalue weighted by atomic mass is 10.1. The molecule has 0 aliphatic rings. The first-order valence-corrected chi connectivity index (χ1v) is 9.19. The minimum Gasteiger partial charge on any atom is -0.391 e. The molecule has 0 saturated carbocycles. The number of hydroxylamine groups is 1. The zero-order valence-corrected chi connectivity index (χ0v) is 16.6. The van der Waals surface area contributed by atoms with Crippen molar-refractivity contribution in [1.29, 1.82) is 0 Å². The van der Waals surface area contributed by atoms with Gasteiger partial charge in [0, 0.05) is 35.1 Å². The molecule has 0 radical (unpaired) electrons. The average Bonchev–Trinajstić information content (AvgIpc) is 2.74. The first kappa shape index (κ1) is 23.7. The van der Waals surface area contributed by atoms with Crippen LogP contribution in [0.2, 0.25) is 0 Å². The molecule has 1 amide bonds. The van der Waals surface area contributed by atoms with E-state index in [0.29, 0.717) is 0 Å². The topological polar surface area (TPSA) is 114 Å². The maximum Gasteiger partial charge on any atom is 0.247 e. The maximum atomic E-state index is 11.0. The minimum absolute atomic E-state index is 0.0489. The SMILES string of the molecule is C=C(NC(C)C(O)CCC)c1ccc(C#Cc2ccc(=O)[nH]c2)cc1.O=CNO. The molecule has 1 heterocycles. The van der Waals surface area contributed by atoms with Crippen molar-refractivity contribution in [3.63, 3.8) is 0 Å². The Kier molecular flexibility index (Phi) is 10.6. The van der Waals surface area contributed by atoms with E-state index in [4.69, 9.17) is 10.0 Å². The summed E-state index contributed by atoms with van der Waals surface area (Å²) in [5, 5.41) is 20.5. The van der Waals surface area contributed by atoms with E-state index in [-0.39, 0.29) is 24.1 Å². The second-order valence-electron chi connectivity index (χ2n) is 6.28. The fourth-order valence-corrected chi connectivity index (χ4v) is 2.39. The van der Waals surface area contributed by atoms with E-state index in [1.807, 2.05) is 31.2 Å². The predicted molar refractivity (Wildman–Crippen MR) is 113 cm³/mol. The monoisotopic (exact) mass is 397 g/mol. The second-order valence-corrected chi connectivity index (χ2v) is 6.28. The Morgan fingerprint density at radius 3 is 2.31 bits per heavy atom. The molecule has 0 bridgehead atoms. The predicted octanol–water partition coefficient (Wildman–Crippen LogP) is 2.01. The second kappa shape index (κ2) is 12.9. The van der Waals surface area contributed by atoms with Gasteiger partial charge in [-0.25, -0.2) is 5.48 Å². The summed E-state index contributed by atoms with van der Waals surface area (Å²) in [6.07, 6.45) is 3.10. The Bertz CT molecular complexity index is 874. The summed E-state index contributed by atoms with van der Waals surface area (Å²) in [6.45, 7) is 8.05. The van der Waals surface area contributed by atoms with Crippen LogP contribution < -0.4 is 16.4 Å². The van der Waals surface area contributed by atoms with Crippen molar-refractivity contribution < 1.29 is 15.1 Å². The number of H-pyrrole nitrogens is 1. The van der Waals surface area contributed by atoms with E-state index in [1.165, 1.54) is 11.5 Å². The number of hydrogen-bond donors (Lipinski definition) is 5. The highest BCUT2D eigenvalue weighted by atomic mass is 16.5. The maximum absolute atomic E-state index is 11.0. The molecule has 2 atom stereocenters. The summed E-state index contributed by atoms with van der Waals surface area (Å²) in [4.78, 5) is 22.4. The van der Waals surface area contributed by atoms with E-state index in [0.717, 1.165) is 35.2 Å². The van der Waals surface area contributed by atoms with Gasteiger partial charge in [-0.1, -0.05) is 43.9 Å². The van der Waals surface area contributed by atoms with Gasteiger partial charge < -0.3 is 15.4 Å². The van der Waals surface area contributed by atoms with E-state index in [9.17, 15) is 9.90 Å². The Morgan fingerprint density at radius 2 is 1.79 bits per heavy atom. The molecule has 0 saturated heterocycles. The molecule has 1 aromatic carbocycles. The van der Waals surface area contributed by atoms with Crippen LogP contribution in [-0.2, 0) is 4.79 Å². The summed E-state index contributed by atoms with van der Waals surface area (Å²) in [5.41, 5.74) is 4.49. The Morgan fingerprint density at radius 1 is 1.21 bits per heavy atom. The highest BCUT2D eigenvalue weighted by Crippen LogP contribution is 2.13. The van der Waals surface area contributed by atoms with Crippen molar-refractivity contribution in [3.8, 4) is 11.8 Å². The molecule has 2 unspecified atom stereocenters. The molecule has 0 spiro atoms. The molecule has 0 fully saturated rings. The Balaban J connectivity index is 0.000000960. The van der Waals surface area contributed by atoms with Crippen LogP contribution in [0.15, 0.2) is 54.0 Å². The molecule has 5 N–H and O–H groups in total. The van der Waals surface area contributed by atoms with Gasteiger partial charge in [-0.05, 0) is 37.1 Å². The molecule has 1 aromatic heterocycles. The van der Waals surface area contributed by atoms with Crippen LogP contribution >= 0.6 is 0 Å². The number of aliphatic hydroxyl groups excluding tert-OH is 1. The first-order valence-electron chi connectivity index (χ1n) is 9.19. The number of carbonyl (C=O) groups excluding carboxylic acids is 1. The van der Waals surface area contributed by atoms with E-state index >= 15 is 0 Å². The summed E-state index contributed by atoms with van der Waals surface area (Å²) in [6, 6.07) is 10.8. The highest BCUT2D eigenvalue weighted by Gasteiger charge is 2.13. The number of benzene rings is 1. The smallest absolute Gasteiger partial charge is 0.247 e. The van der Waals surface area contributed by atoms with Gasteiger partial charge in [-0.15, -0.1) is 0 Å². The summed E-state index contributed by atoms with van der Waals surface area (Å²) in [5.74, 6) is 6.07. The van der Waals surface area contributed by atoms with Gasteiger partial charge in [0.2, 0.25) is 12.0 Å². The van der Waals surface area contributed by atoms with Crippen LogP contribution in [0.3, 0.4) is 0 Å². The number of rotatable bonds is 7. The zero-order chi connectivity index (χ0) is 21.6. The number of aliphatic hydroxyl groups is 1. The first-order chi connectivity index (χ1) is 13.9. The summed E-state index contributed by atoms with van der Waals surface area (Å²) >= 11 is 0. The Labute approximate surface area is 170 Å². The van der Waals surface area contributed by atoms with Crippen LogP contribution in [-0.4, -0.2) is 33.9 Å². The molecule has 7 heteroatoms. The van der Waals surface area contributed by atoms with Crippen molar-refractivity contribution in [2.75, 3.05) is 0 Å². The highest BCUT2D eigenvalue weighted by molar-refractivity contribution is 5.62. The summed E-state index contributed by atoms with van der Waals surface area (Å²) < 4.78 is 0. The Hall–Kier alpha value is -3.34. The normalized spacial score (nSPS) is 11.6. The van der Waals surface area contributed by atoms with Gasteiger partial charge in [0.1, 0.15) is 0 Å². The fourth-order valence-electron chi connectivity index (χ4n) is 2.39. The van der Waals surface area contributed by atoms with Crippen molar-refractivity contribution in [2.24, 2.45) is 0 Å². The van der Waals surface area contributed by atoms with Gasteiger partial charge in [0.15, 0.2) is 0 Å². The molecular formula is C22H27N3O4. The average molecular weight is 397 g/mol. The number of carbonyl (C=O) groups is 1. The lowest BCUT2D eigenvalue weighted by molar-refractivity contribution is -0.116. The van der Waals surface area contributed by atoms with Gasteiger partial charge in [0.25, 0.3) is 0 Å². The van der Waals surface area contributed by atoms with Gasteiger partial charge in [0.05, 0.1) is 6.10 Å². The molecule has 0 aliphatic heterocycles. The fraction of sp³-hybridized carbons (Fsp3) is 0.273. The number of hydrogen-bond acceptors (Lipinski definition) is 5. The lowest BCUT2D eigenvalue weighted by Gasteiger charge is -2.22. The van der Waals surface area contributed by atoms with Crippen molar-refractivity contribution in [2.45, 2.75) is 38.8 Å². The third-order valence-electron chi connectivity index (χ3n) is 3.98. The van der Waals surface area contributed by atoms with E-state index in [1.54, 1.807) is 12.3 Å². The number of aromatic nitrogens is 1. The third kappa shape index (κ3) is 8.93. The molecule has 154 valence electrons. The van der Waals surface area contributed by atoms with Crippen molar-refractivity contribution >= 4 is 12.1 Å². The van der Waals surface area contributed by atoms with Crippen LogP contribution in [0.25, 0.3) is 5.70 Å². The minimum atomic E-state index is -0.385. The molecule has 0 aliphatic carbocycles. The van der Waals surface area contributed by atoms with E-state index in [2.05, 4.69) is 35.6 Å². The van der Waals surface area contributed by atoms with Gasteiger partial charge in [-0.2, -0.15) is 0 Å². The van der Waals surface area contributed by atoms with Gasteiger partial charge in [-0.3, -0.25) is 14.8 Å². The van der Waals surface area contributed by atoms with Crippen molar-refractivity contribution in [3.05, 3.63) is 76.2 Å².